The van der Waals surface area contributed by atoms with Crippen molar-refractivity contribution in [1.29, 1.82) is 0 Å². The maximum atomic E-state index is 5.41. The van der Waals surface area contributed by atoms with E-state index in [1.165, 1.54) is 11.3 Å². The average Bonchev–Trinajstić information content (AvgIpc) is 2.81. The lowest BCUT2D eigenvalue weighted by molar-refractivity contribution is 0.400. The Balaban J connectivity index is 1.82. The van der Waals surface area contributed by atoms with Gasteiger partial charge in [-0.25, -0.2) is 0 Å². The zero-order valence-electron chi connectivity index (χ0n) is 13.4. The molecule has 0 aliphatic carbocycles. The molecule has 1 aromatic heterocycles. The molecule has 0 saturated carbocycles. The first-order valence-electron chi connectivity index (χ1n) is 7.49. The summed E-state index contributed by atoms with van der Waals surface area (Å²) in [7, 11) is 1.72. The van der Waals surface area contributed by atoms with E-state index >= 15 is 0 Å². The maximum Gasteiger partial charge on any atom is 0.123 e. The van der Waals surface area contributed by atoms with Crippen LogP contribution in [0.5, 0.6) is 5.75 Å². The predicted octanol–water partition coefficient (Wildman–Crippen LogP) is 3.25. The molecule has 0 bridgehead atoms. The highest BCUT2D eigenvalue weighted by molar-refractivity contribution is 5.35. The summed E-state index contributed by atoms with van der Waals surface area (Å²) in [5, 5.41) is 8.03. The van der Waals surface area contributed by atoms with Crippen molar-refractivity contribution in [1.82, 2.24) is 15.1 Å². The van der Waals surface area contributed by atoms with Crippen LogP contribution in [0.2, 0.25) is 0 Å². The van der Waals surface area contributed by atoms with Crippen LogP contribution in [0.15, 0.2) is 30.3 Å². The predicted molar refractivity (Wildman–Crippen MR) is 85.7 cm³/mol. The molecule has 0 saturated heterocycles. The number of ether oxygens (including phenoxy) is 1. The molecular weight excluding hydrogens is 262 g/mol. The van der Waals surface area contributed by atoms with E-state index in [2.05, 4.69) is 41.1 Å². The molecule has 2 aromatic rings. The number of benzene rings is 1. The molecule has 0 aliphatic rings. The van der Waals surface area contributed by atoms with Crippen LogP contribution < -0.4 is 10.1 Å². The number of aromatic nitrogens is 2. The highest BCUT2D eigenvalue weighted by atomic mass is 16.5. The van der Waals surface area contributed by atoms with E-state index in [1.54, 1.807) is 7.11 Å². The Morgan fingerprint density at radius 3 is 2.71 bits per heavy atom. The summed E-state index contributed by atoms with van der Waals surface area (Å²) in [6, 6.07) is 10.6. The van der Waals surface area contributed by atoms with Gasteiger partial charge in [0.1, 0.15) is 5.75 Å². The Morgan fingerprint density at radius 1 is 1.29 bits per heavy atom. The summed E-state index contributed by atoms with van der Waals surface area (Å²) in [4.78, 5) is 0. The zero-order valence-corrected chi connectivity index (χ0v) is 13.4. The fourth-order valence-electron chi connectivity index (χ4n) is 2.58. The molecule has 1 aromatic carbocycles. The summed E-state index contributed by atoms with van der Waals surface area (Å²) in [6.45, 7) is 8.21. The quantitative estimate of drug-likeness (QED) is 0.795. The Kier molecular flexibility index (Phi) is 5.39. The van der Waals surface area contributed by atoms with Crippen molar-refractivity contribution in [2.75, 3.05) is 13.7 Å². The number of rotatable bonds is 7. The van der Waals surface area contributed by atoms with Crippen molar-refractivity contribution >= 4 is 0 Å². The SMILES string of the molecule is COc1ccccc1C(C)NCCCn1nc(C)cc1C. The maximum absolute atomic E-state index is 5.41. The molecule has 21 heavy (non-hydrogen) atoms. The van der Waals surface area contributed by atoms with Crippen molar-refractivity contribution in [3.8, 4) is 5.75 Å². The van der Waals surface area contributed by atoms with Gasteiger partial charge in [0.2, 0.25) is 0 Å². The molecule has 1 heterocycles. The smallest absolute Gasteiger partial charge is 0.123 e. The van der Waals surface area contributed by atoms with Crippen LogP contribution in [0.4, 0.5) is 0 Å². The molecule has 1 unspecified atom stereocenters. The minimum Gasteiger partial charge on any atom is -0.496 e. The van der Waals surface area contributed by atoms with Gasteiger partial charge in [0.15, 0.2) is 0 Å². The van der Waals surface area contributed by atoms with E-state index in [0.29, 0.717) is 0 Å². The lowest BCUT2D eigenvalue weighted by Gasteiger charge is -2.17. The van der Waals surface area contributed by atoms with Crippen molar-refractivity contribution in [3.05, 3.63) is 47.3 Å². The van der Waals surface area contributed by atoms with Gasteiger partial charge < -0.3 is 10.1 Å². The molecule has 0 amide bonds. The van der Waals surface area contributed by atoms with Crippen molar-refractivity contribution in [2.24, 2.45) is 0 Å². The Morgan fingerprint density at radius 2 is 2.05 bits per heavy atom. The minimum atomic E-state index is 0.279. The van der Waals surface area contributed by atoms with Crippen LogP contribution in [-0.2, 0) is 6.54 Å². The molecular formula is C17H25N3O. The summed E-state index contributed by atoms with van der Waals surface area (Å²) in [6.07, 6.45) is 1.06. The first-order valence-corrected chi connectivity index (χ1v) is 7.49. The molecule has 2 rings (SSSR count). The highest BCUT2D eigenvalue weighted by Crippen LogP contribution is 2.24. The second kappa shape index (κ2) is 7.27. The molecule has 4 nitrogen and oxygen atoms in total. The number of methoxy groups -OCH3 is 1. The Bertz CT molecular complexity index is 577. The fourth-order valence-corrected chi connectivity index (χ4v) is 2.58. The third-order valence-electron chi connectivity index (χ3n) is 3.71. The number of aryl methyl sites for hydroxylation is 3. The topological polar surface area (TPSA) is 39.1 Å². The molecule has 114 valence electrons. The van der Waals surface area contributed by atoms with E-state index in [0.717, 1.165) is 31.0 Å². The van der Waals surface area contributed by atoms with Gasteiger partial charge in [0.25, 0.3) is 0 Å². The van der Waals surface area contributed by atoms with E-state index in [1.807, 2.05) is 25.1 Å². The first-order chi connectivity index (χ1) is 10.1. The number of nitrogens with one attached hydrogen (secondary N) is 1. The van der Waals surface area contributed by atoms with E-state index in [4.69, 9.17) is 4.74 Å². The largest absolute Gasteiger partial charge is 0.496 e. The van der Waals surface area contributed by atoms with Gasteiger partial charge in [-0.15, -0.1) is 0 Å². The Hall–Kier alpha value is -1.81. The average molecular weight is 287 g/mol. The third-order valence-corrected chi connectivity index (χ3v) is 3.71. The minimum absolute atomic E-state index is 0.279. The van der Waals surface area contributed by atoms with Crippen LogP contribution in [0.1, 0.15) is 36.3 Å². The van der Waals surface area contributed by atoms with Gasteiger partial charge in [-0.05, 0) is 45.9 Å². The van der Waals surface area contributed by atoms with Crippen LogP contribution in [0, 0.1) is 13.8 Å². The van der Waals surface area contributed by atoms with Crippen LogP contribution in [0.25, 0.3) is 0 Å². The standard InChI is InChI=1S/C17H25N3O/c1-13-12-14(2)20(19-13)11-7-10-18-15(3)16-8-5-6-9-17(16)21-4/h5-6,8-9,12,15,18H,7,10-11H2,1-4H3. The molecule has 0 spiro atoms. The third kappa shape index (κ3) is 4.08. The van der Waals surface area contributed by atoms with Crippen molar-refractivity contribution in [3.63, 3.8) is 0 Å². The van der Waals surface area contributed by atoms with Crippen molar-refractivity contribution < 1.29 is 4.74 Å². The van der Waals surface area contributed by atoms with Gasteiger partial charge in [-0.3, -0.25) is 4.68 Å². The number of para-hydroxylation sites is 1. The zero-order chi connectivity index (χ0) is 15.2. The van der Waals surface area contributed by atoms with Gasteiger partial charge in [-0.1, -0.05) is 18.2 Å². The van der Waals surface area contributed by atoms with Gasteiger partial charge in [0.05, 0.1) is 12.8 Å². The molecule has 0 radical (unpaired) electrons. The normalized spacial score (nSPS) is 12.4. The Labute approximate surface area is 127 Å². The first kappa shape index (κ1) is 15.6. The van der Waals surface area contributed by atoms with E-state index in [9.17, 15) is 0 Å². The van der Waals surface area contributed by atoms with Crippen molar-refractivity contribution in [2.45, 2.75) is 39.8 Å². The summed E-state index contributed by atoms with van der Waals surface area (Å²) in [5.74, 6) is 0.941. The molecule has 1 atom stereocenters. The van der Waals surface area contributed by atoms with Crippen LogP contribution >= 0.6 is 0 Å². The van der Waals surface area contributed by atoms with E-state index < -0.39 is 0 Å². The number of hydrogen-bond donors (Lipinski definition) is 1. The second-order valence-corrected chi connectivity index (χ2v) is 5.42. The summed E-state index contributed by atoms with van der Waals surface area (Å²) in [5.41, 5.74) is 3.51. The lowest BCUT2D eigenvalue weighted by atomic mass is 10.1. The molecule has 0 aliphatic heterocycles. The van der Waals surface area contributed by atoms with E-state index in [-0.39, 0.29) is 6.04 Å². The molecule has 4 heteroatoms. The lowest BCUT2D eigenvalue weighted by Crippen LogP contribution is -2.21. The van der Waals surface area contributed by atoms with Crippen LogP contribution in [0.3, 0.4) is 0 Å². The molecule has 1 N–H and O–H groups in total. The monoisotopic (exact) mass is 287 g/mol. The fraction of sp³-hybridized carbons (Fsp3) is 0.471. The highest BCUT2D eigenvalue weighted by Gasteiger charge is 2.09. The van der Waals surface area contributed by atoms with Gasteiger partial charge in [0, 0.05) is 23.8 Å². The summed E-state index contributed by atoms with van der Waals surface area (Å²) < 4.78 is 7.48. The number of hydrogen-bond acceptors (Lipinski definition) is 3. The molecule has 0 fully saturated rings. The van der Waals surface area contributed by atoms with Gasteiger partial charge >= 0.3 is 0 Å². The second-order valence-electron chi connectivity index (χ2n) is 5.42. The number of nitrogens with zero attached hydrogens (tertiary/aromatic N) is 2. The summed E-state index contributed by atoms with van der Waals surface area (Å²) >= 11 is 0. The van der Waals surface area contributed by atoms with Crippen LogP contribution in [-0.4, -0.2) is 23.4 Å². The van der Waals surface area contributed by atoms with Gasteiger partial charge in [-0.2, -0.15) is 5.10 Å².